The van der Waals surface area contributed by atoms with Crippen molar-refractivity contribution in [1.29, 1.82) is 0 Å². The minimum absolute atomic E-state index is 0.374. The van der Waals surface area contributed by atoms with Gasteiger partial charge in [-0.05, 0) is 49.4 Å². The summed E-state index contributed by atoms with van der Waals surface area (Å²) in [5.74, 6) is 0.714. The maximum atomic E-state index is 3.50. The fraction of sp³-hybridized carbons (Fsp3) is 0.733. The summed E-state index contributed by atoms with van der Waals surface area (Å²) in [6, 6.07) is 4.60. The van der Waals surface area contributed by atoms with E-state index in [1.54, 1.807) is 4.88 Å². The molecular formula is C15H27NS. The fourth-order valence-corrected chi connectivity index (χ4v) is 3.01. The van der Waals surface area contributed by atoms with Crippen LogP contribution < -0.4 is 5.32 Å². The number of hydrogen-bond acceptors (Lipinski definition) is 2. The molecule has 2 heteroatoms. The molecule has 0 aliphatic rings. The van der Waals surface area contributed by atoms with Gasteiger partial charge in [0.2, 0.25) is 0 Å². The first kappa shape index (κ1) is 14.7. The molecule has 1 aromatic heterocycles. The van der Waals surface area contributed by atoms with Gasteiger partial charge in [0.15, 0.2) is 0 Å². The number of nitrogens with one attached hydrogen (secondary N) is 1. The molecule has 1 unspecified atom stereocenters. The van der Waals surface area contributed by atoms with Gasteiger partial charge in [-0.3, -0.25) is 0 Å². The van der Waals surface area contributed by atoms with Gasteiger partial charge in [-0.1, -0.05) is 34.6 Å². The first-order chi connectivity index (χ1) is 7.97. The Labute approximate surface area is 111 Å². The average molecular weight is 253 g/mol. The summed E-state index contributed by atoms with van der Waals surface area (Å²) in [6.07, 6.45) is 2.37. The molecular weight excluding hydrogens is 226 g/mol. The predicted molar refractivity (Wildman–Crippen MR) is 78.9 cm³/mol. The fourth-order valence-electron chi connectivity index (χ4n) is 1.97. The predicted octanol–water partition coefficient (Wildman–Crippen LogP) is 4.12. The van der Waals surface area contributed by atoms with E-state index in [0.29, 0.717) is 11.3 Å². The molecule has 1 rings (SSSR count). The molecule has 0 amide bonds. The second-order valence-electron chi connectivity index (χ2n) is 5.80. The van der Waals surface area contributed by atoms with Crippen LogP contribution in [0.3, 0.4) is 0 Å². The summed E-state index contributed by atoms with van der Waals surface area (Å²) in [7, 11) is 0. The van der Waals surface area contributed by atoms with E-state index in [0.717, 1.165) is 19.5 Å². The van der Waals surface area contributed by atoms with Gasteiger partial charge < -0.3 is 5.32 Å². The number of thiophene rings is 1. The third-order valence-electron chi connectivity index (χ3n) is 3.38. The molecule has 1 atom stereocenters. The summed E-state index contributed by atoms with van der Waals surface area (Å²) in [5, 5.41) is 3.50. The lowest BCUT2D eigenvalue weighted by Crippen LogP contribution is -2.33. The normalized spacial score (nSPS) is 13.9. The van der Waals surface area contributed by atoms with Crippen LogP contribution in [0.4, 0.5) is 0 Å². The Morgan fingerprint density at radius 1 is 1.18 bits per heavy atom. The minimum Gasteiger partial charge on any atom is -0.317 e. The Hall–Kier alpha value is -0.340. The van der Waals surface area contributed by atoms with Crippen LogP contribution in [0.5, 0.6) is 0 Å². The third-order valence-corrected chi connectivity index (χ3v) is 4.63. The Bertz CT molecular complexity index is 322. The van der Waals surface area contributed by atoms with Crippen molar-refractivity contribution < 1.29 is 0 Å². The molecule has 98 valence electrons. The molecule has 0 fully saturated rings. The van der Waals surface area contributed by atoms with Crippen molar-refractivity contribution in [3.8, 4) is 0 Å². The van der Waals surface area contributed by atoms with Gasteiger partial charge in [0.25, 0.3) is 0 Å². The standard InChI is InChI=1S/C15H27NS/c1-6-13-8-9-14(17-13)10-12(11-16-7-2)15(3,4)5/h8-9,12,16H,6-7,10-11H2,1-5H3. The Balaban J connectivity index is 2.65. The molecule has 0 saturated carbocycles. The average Bonchev–Trinajstić information content (AvgIpc) is 2.70. The highest BCUT2D eigenvalue weighted by molar-refractivity contribution is 7.11. The van der Waals surface area contributed by atoms with Crippen molar-refractivity contribution in [3.05, 3.63) is 21.9 Å². The van der Waals surface area contributed by atoms with Crippen LogP contribution in [0.1, 0.15) is 44.4 Å². The van der Waals surface area contributed by atoms with Crippen LogP contribution in [-0.2, 0) is 12.8 Å². The number of hydrogen-bond donors (Lipinski definition) is 1. The first-order valence-corrected chi connectivity index (χ1v) is 7.57. The smallest absolute Gasteiger partial charge is 0.00516 e. The van der Waals surface area contributed by atoms with Crippen molar-refractivity contribution in [2.24, 2.45) is 11.3 Å². The van der Waals surface area contributed by atoms with E-state index in [1.807, 2.05) is 11.3 Å². The Kier molecular flexibility index (Phi) is 5.68. The van der Waals surface area contributed by atoms with Crippen molar-refractivity contribution in [2.45, 2.75) is 47.5 Å². The molecule has 0 radical (unpaired) electrons. The topological polar surface area (TPSA) is 12.0 Å². The van der Waals surface area contributed by atoms with Gasteiger partial charge in [-0.25, -0.2) is 0 Å². The van der Waals surface area contributed by atoms with E-state index >= 15 is 0 Å². The quantitative estimate of drug-likeness (QED) is 0.804. The second-order valence-corrected chi connectivity index (χ2v) is 7.05. The number of rotatable bonds is 6. The van der Waals surface area contributed by atoms with Gasteiger partial charge in [0.1, 0.15) is 0 Å². The molecule has 1 heterocycles. The monoisotopic (exact) mass is 253 g/mol. The molecule has 1 aromatic rings. The maximum absolute atomic E-state index is 3.50. The van der Waals surface area contributed by atoms with Crippen LogP contribution in [-0.4, -0.2) is 13.1 Å². The van der Waals surface area contributed by atoms with E-state index in [1.165, 1.54) is 11.3 Å². The second kappa shape index (κ2) is 6.55. The van der Waals surface area contributed by atoms with Gasteiger partial charge in [0, 0.05) is 9.75 Å². The largest absolute Gasteiger partial charge is 0.317 e. The summed E-state index contributed by atoms with van der Waals surface area (Å²) >= 11 is 1.98. The van der Waals surface area contributed by atoms with Crippen LogP contribution >= 0.6 is 11.3 Å². The van der Waals surface area contributed by atoms with E-state index in [-0.39, 0.29) is 0 Å². The van der Waals surface area contributed by atoms with Crippen LogP contribution in [0.15, 0.2) is 12.1 Å². The summed E-state index contributed by atoms with van der Waals surface area (Å²) < 4.78 is 0. The number of aryl methyl sites for hydroxylation is 1. The van der Waals surface area contributed by atoms with E-state index in [2.05, 4.69) is 52.1 Å². The molecule has 0 saturated heterocycles. The zero-order valence-corrected chi connectivity index (χ0v) is 12.8. The molecule has 0 bridgehead atoms. The zero-order chi connectivity index (χ0) is 12.9. The highest BCUT2D eigenvalue weighted by Crippen LogP contribution is 2.30. The molecule has 0 aromatic carbocycles. The molecule has 0 aliphatic carbocycles. The van der Waals surface area contributed by atoms with Gasteiger partial charge in [-0.2, -0.15) is 0 Å². The van der Waals surface area contributed by atoms with Crippen molar-refractivity contribution in [1.82, 2.24) is 5.32 Å². The lowest BCUT2D eigenvalue weighted by Gasteiger charge is -2.30. The molecule has 0 spiro atoms. The lowest BCUT2D eigenvalue weighted by atomic mass is 9.78. The SMILES string of the molecule is CCNCC(Cc1ccc(CC)s1)C(C)(C)C. The van der Waals surface area contributed by atoms with Crippen molar-refractivity contribution in [2.75, 3.05) is 13.1 Å². The highest BCUT2D eigenvalue weighted by atomic mass is 32.1. The first-order valence-electron chi connectivity index (χ1n) is 6.75. The van der Waals surface area contributed by atoms with Gasteiger partial charge >= 0.3 is 0 Å². The van der Waals surface area contributed by atoms with Gasteiger partial charge in [-0.15, -0.1) is 11.3 Å². The maximum Gasteiger partial charge on any atom is 0.00516 e. The molecule has 17 heavy (non-hydrogen) atoms. The molecule has 0 aliphatic heterocycles. The molecule has 1 nitrogen and oxygen atoms in total. The zero-order valence-electron chi connectivity index (χ0n) is 12.0. The molecule has 1 N–H and O–H groups in total. The summed E-state index contributed by atoms with van der Waals surface area (Å²) in [5.41, 5.74) is 0.374. The van der Waals surface area contributed by atoms with Crippen molar-refractivity contribution >= 4 is 11.3 Å². The Morgan fingerprint density at radius 3 is 2.29 bits per heavy atom. The minimum atomic E-state index is 0.374. The van der Waals surface area contributed by atoms with Crippen LogP contribution in [0.25, 0.3) is 0 Å². The Morgan fingerprint density at radius 2 is 1.82 bits per heavy atom. The van der Waals surface area contributed by atoms with E-state index in [9.17, 15) is 0 Å². The summed E-state index contributed by atoms with van der Waals surface area (Å²) in [6.45, 7) is 13.7. The lowest BCUT2D eigenvalue weighted by molar-refractivity contribution is 0.233. The highest BCUT2D eigenvalue weighted by Gasteiger charge is 2.24. The van der Waals surface area contributed by atoms with E-state index in [4.69, 9.17) is 0 Å². The van der Waals surface area contributed by atoms with Gasteiger partial charge in [0.05, 0.1) is 0 Å². The summed E-state index contributed by atoms with van der Waals surface area (Å²) in [4.78, 5) is 3.05. The van der Waals surface area contributed by atoms with Crippen LogP contribution in [0, 0.1) is 11.3 Å². The van der Waals surface area contributed by atoms with Crippen LogP contribution in [0.2, 0.25) is 0 Å². The van der Waals surface area contributed by atoms with Crippen molar-refractivity contribution in [3.63, 3.8) is 0 Å². The third kappa shape index (κ3) is 4.81. The van der Waals surface area contributed by atoms with E-state index < -0.39 is 0 Å².